The van der Waals surface area contributed by atoms with Crippen molar-refractivity contribution in [1.82, 2.24) is 4.90 Å². The van der Waals surface area contributed by atoms with Crippen LogP contribution in [0.1, 0.15) is 53.6 Å². The van der Waals surface area contributed by atoms with Crippen LogP contribution in [0.5, 0.6) is 0 Å². The topological polar surface area (TPSA) is 75.4 Å². The lowest BCUT2D eigenvalue weighted by atomic mass is 9.91. The summed E-state index contributed by atoms with van der Waals surface area (Å²) in [6.45, 7) is 7.54. The number of carbonyl (C=O) groups excluding carboxylic acids is 2. The van der Waals surface area contributed by atoms with E-state index < -0.39 is 0 Å². The molecule has 0 fully saturated rings. The first kappa shape index (κ1) is 23.7. The summed E-state index contributed by atoms with van der Waals surface area (Å²) in [6.07, 6.45) is 0.438. The van der Waals surface area contributed by atoms with Gasteiger partial charge in [-0.3, -0.25) is 9.59 Å². The zero-order chi connectivity index (χ0) is 23.1. The molecule has 168 valence electrons. The van der Waals surface area contributed by atoms with Crippen molar-refractivity contribution >= 4 is 28.8 Å². The second-order valence-electron chi connectivity index (χ2n) is 9.10. The zero-order valence-corrected chi connectivity index (χ0v) is 19.7. The third-order valence-electron chi connectivity index (χ3n) is 5.01. The summed E-state index contributed by atoms with van der Waals surface area (Å²) in [4.78, 5) is 28.4. The quantitative estimate of drug-likeness (QED) is 0.482. The molecule has 3 rings (SSSR count). The van der Waals surface area contributed by atoms with E-state index in [1.807, 2.05) is 64.9 Å². The van der Waals surface area contributed by atoms with Crippen molar-refractivity contribution in [1.29, 1.82) is 0 Å². The Kier molecular flexibility index (Phi) is 7.83. The highest BCUT2D eigenvalue weighted by atomic mass is 32.1. The minimum atomic E-state index is -0.143. The number of benzene rings is 2. The van der Waals surface area contributed by atoms with Gasteiger partial charge in [-0.15, -0.1) is 11.3 Å². The van der Waals surface area contributed by atoms with Crippen LogP contribution in [-0.4, -0.2) is 16.7 Å². The fourth-order valence-electron chi connectivity index (χ4n) is 3.45. The molecular weight excluding hydrogens is 418 g/mol. The highest BCUT2D eigenvalue weighted by molar-refractivity contribution is 7.12. The summed E-state index contributed by atoms with van der Waals surface area (Å²) in [5, 5.41) is 4.88. The molecule has 32 heavy (non-hydrogen) atoms. The number of thiophene rings is 1. The third-order valence-corrected chi connectivity index (χ3v) is 5.88. The lowest BCUT2D eigenvalue weighted by molar-refractivity contribution is -0.134. The molecule has 1 heterocycles. The molecular formula is C26H31N3O2S. The van der Waals surface area contributed by atoms with Crippen LogP contribution in [0.25, 0.3) is 0 Å². The lowest BCUT2D eigenvalue weighted by Crippen LogP contribution is -2.33. The Labute approximate surface area is 194 Å². The largest absolute Gasteiger partial charge is 0.334 e. The van der Waals surface area contributed by atoms with E-state index in [1.54, 1.807) is 6.07 Å². The molecule has 2 amide bonds. The molecule has 0 radical (unpaired) electrons. The van der Waals surface area contributed by atoms with E-state index in [-0.39, 0.29) is 17.2 Å². The summed E-state index contributed by atoms with van der Waals surface area (Å²) in [5.41, 5.74) is 9.37. The van der Waals surface area contributed by atoms with E-state index in [0.717, 1.165) is 22.4 Å². The van der Waals surface area contributed by atoms with Gasteiger partial charge in [0.15, 0.2) is 0 Å². The molecule has 0 aliphatic heterocycles. The van der Waals surface area contributed by atoms with Crippen molar-refractivity contribution in [3.05, 3.63) is 87.6 Å². The number of hydrogen-bond donors (Lipinski definition) is 2. The molecule has 0 unspecified atom stereocenters. The number of hydrogen-bond acceptors (Lipinski definition) is 4. The average Bonchev–Trinajstić information content (AvgIpc) is 3.28. The van der Waals surface area contributed by atoms with Crippen LogP contribution in [0.15, 0.2) is 66.0 Å². The number of nitrogens with one attached hydrogen (secondary N) is 1. The Morgan fingerprint density at radius 2 is 1.72 bits per heavy atom. The maximum Gasteiger partial charge on any atom is 0.265 e. The first-order chi connectivity index (χ1) is 15.2. The normalized spacial score (nSPS) is 11.2. The van der Waals surface area contributed by atoms with Gasteiger partial charge in [-0.1, -0.05) is 69.3 Å². The Hall–Kier alpha value is -2.96. The molecule has 3 aromatic rings. The standard InChI is InChI=1S/C26H31N3O2S/c1-26(2,3)15-24(30)29(17-20-9-6-8-19(14-20)16-27)18-21-10-4-5-11-22(21)28-25(31)23-12-7-13-32-23/h4-14H,15-18,27H2,1-3H3,(H,28,31). The van der Waals surface area contributed by atoms with Gasteiger partial charge in [0.05, 0.1) is 4.88 Å². The van der Waals surface area contributed by atoms with Gasteiger partial charge in [-0.2, -0.15) is 0 Å². The molecule has 1 aromatic heterocycles. The monoisotopic (exact) mass is 449 g/mol. The van der Waals surface area contributed by atoms with Gasteiger partial charge in [0, 0.05) is 31.7 Å². The molecule has 0 aliphatic carbocycles. The van der Waals surface area contributed by atoms with Crippen molar-refractivity contribution in [2.75, 3.05) is 5.32 Å². The number of anilines is 1. The van der Waals surface area contributed by atoms with Gasteiger partial charge in [0.2, 0.25) is 5.91 Å². The molecule has 6 heteroatoms. The molecule has 0 bridgehead atoms. The Morgan fingerprint density at radius 1 is 0.969 bits per heavy atom. The maximum absolute atomic E-state index is 13.3. The number of para-hydroxylation sites is 1. The molecule has 0 spiro atoms. The number of nitrogens with zero attached hydrogens (tertiary/aromatic N) is 1. The van der Waals surface area contributed by atoms with E-state index >= 15 is 0 Å². The molecule has 0 atom stereocenters. The molecule has 5 nitrogen and oxygen atoms in total. The minimum absolute atomic E-state index is 0.0787. The van der Waals surface area contributed by atoms with Crippen molar-refractivity contribution in [2.24, 2.45) is 11.1 Å². The SMILES string of the molecule is CC(C)(C)CC(=O)N(Cc1cccc(CN)c1)Cc1ccccc1NC(=O)c1cccs1. The smallest absolute Gasteiger partial charge is 0.265 e. The van der Waals surface area contributed by atoms with Gasteiger partial charge in [0.1, 0.15) is 0 Å². The molecule has 0 aliphatic rings. The molecule has 3 N–H and O–H groups in total. The van der Waals surface area contributed by atoms with E-state index in [9.17, 15) is 9.59 Å². The summed E-state index contributed by atoms with van der Waals surface area (Å²) in [7, 11) is 0. The predicted octanol–water partition coefficient (Wildman–Crippen LogP) is 5.42. The van der Waals surface area contributed by atoms with Crippen molar-refractivity contribution < 1.29 is 9.59 Å². The predicted molar refractivity (Wildman–Crippen MR) is 131 cm³/mol. The molecule has 0 saturated heterocycles. The van der Waals surface area contributed by atoms with Gasteiger partial charge >= 0.3 is 0 Å². The first-order valence-electron chi connectivity index (χ1n) is 10.7. The van der Waals surface area contributed by atoms with Gasteiger partial charge in [-0.05, 0) is 39.6 Å². The highest BCUT2D eigenvalue weighted by Crippen LogP contribution is 2.25. The zero-order valence-electron chi connectivity index (χ0n) is 18.9. The lowest BCUT2D eigenvalue weighted by Gasteiger charge is -2.28. The van der Waals surface area contributed by atoms with Crippen LogP contribution in [-0.2, 0) is 24.4 Å². The van der Waals surface area contributed by atoms with Crippen molar-refractivity contribution in [2.45, 2.75) is 46.8 Å². The number of amides is 2. The second kappa shape index (κ2) is 10.6. The van der Waals surface area contributed by atoms with Gasteiger partial charge in [-0.25, -0.2) is 0 Å². The maximum atomic E-state index is 13.3. The van der Waals surface area contributed by atoms with Crippen LogP contribution in [0, 0.1) is 5.41 Å². The van der Waals surface area contributed by atoms with E-state index in [0.29, 0.717) is 30.9 Å². The Morgan fingerprint density at radius 3 is 2.41 bits per heavy atom. The van der Waals surface area contributed by atoms with E-state index in [2.05, 4.69) is 26.1 Å². The molecule has 2 aromatic carbocycles. The van der Waals surface area contributed by atoms with Crippen LogP contribution in [0.3, 0.4) is 0 Å². The first-order valence-corrected chi connectivity index (χ1v) is 11.6. The Bertz CT molecular complexity index is 1050. The summed E-state index contributed by atoms with van der Waals surface area (Å²) in [6, 6.07) is 19.3. The van der Waals surface area contributed by atoms with Crippen LogP contribution in [0.4, 0.5) is 5.69 Å². The van der Waals surface area contributed by atoms with E-state index in [1.165, 1.54) is 11.3 Å². The second-order valence-corrected chi connectivity index (χ2v) is 10.0. The van der Waals surface area contributed by atoms with Crippen molar-refractivity contribution in [3.63, 3.8) is 0 Å². The third kappa shape index (κ3) is 6.77. The van der Waals surface area contributed by atoms with Gasteiger partial charge in [0.25, 0.3) is 5.91 Å². The Balaban J connectivity index is 1.85. The minimum Gasteiger partial charge on any atom is -0.334 e. The molecule has 0 saturated carbocycles. The number of carbonyl (C=O) groups is 2. The fourth-order valence-corrected chi connectivity index (χ4v) is 4.07. The van der Waals surface area contributed by atoms with Crippen molar-refractivity contribution in [3.8, 4) is 0 Å². The van der Waals surface area contributed by atoms with Gasteiger partial charge < -0.3 is 16.0 Å². The van der Waals surface area contributed by atoms with Crippen LogP contribution >= 0.6 is 11.3 Å². The average molecular weight is 450 g/mol. The van der Waals surface area contributed by atoms with E-state index in [4.69, 9.17) is 5.73 Å². The summed E-state index contributed by atoms with van der Waals surface area (Å²) >= 11 is 1.40. The summed E-state index contributed by atoms with van der Waals surface area (Å²) < 4.78 is 0. The number of rotatable bonds is 8. The van der Waals surface area contributed by atoms with Crippen LogP contribution in [0.2, 0.25) is 0 Å². The fraction of sp³-hybridized carbons (Fsp3) is 0.308. The number of nitrogens with two attached hydrogens (primary N) is 1. The summed E-state index contributed by atoms with van der Waals surface area (Å²) in [5.74, 6) is -0.0642. The highest BCUT2D eigenvalue weighted by Gasteiger charge is 2.23. The van der Waals surface area contributed by atoms with Crippen LogP contribution < -0.4 is 11.1 Å².